The number of hydrogen-bond acceptors (Lipinski definition) is 5. The highest BCUT2D eigenvalue weighted by Crippen LogP contribution is 2.36. The van der Waals surface area contributed by atoms with Crippen LogP contribution in [0.1, 0.15) is 13.8 Å². The number of rotatable bonds is 1. The van der Waals surface area contributed by atoms with E-state index in [9.17, 15) is 5.11 Å². The van der Waals surface area contributed by atoms with Crippen LogP contribution in [0, 0.1) is 0 Å². The molecule has 2 unspecified atom stereocenters. The second-order valence-electron chi connectivity index (χ2n) is 3.82. The lowest BCUT2D eigenvalue weighted by atomic mass is 10.1. The minimum atomic E-state index is -0.809. The maximum Gasteiger partial charge on any atom is 0.190 e. The molecule has 2 saturated heterocycles. The fraction of sp³-hybridized carbons (Fsp3) is 1.00. The van der Waals surface area contributed by atoms with Gasteiger partial charge in [-0.05, 0) is 13.8 Å². The first kappa shape index (κ1) is 9.36. The number of hydrogen-bond donors (Lipinski definition) is 2. The molecular weight excluding hydrogens is 176 g/mol. The molecule has 0 amide bonds. The van der Waals surface area contributed by atoms with Crippen LogP contribution in [0.5, 0.6) is 0 Å². The highest BCUT2D eigenvalue weighted by atomic mass is 16.8. The Labute approximate surface area is 76.2 Å². The molecule has 2 aliphatic heterocycles. The molecule has 0 saturated carbocycles. The molecule has 0 aliphatic carbocycles. The molecule has 2 rings (SSSR count). The summed E-state index contributed by atoms with van der Waals surface area (Å²) in [4.78, 5) is 0. The number of fused-ring (bicyclic) bond motifs is 1. The largest absolute Gasteiger partial charge is 0.394 e. The summed E-state index contributed by atoms with van der Waals surface area (Å²) in [5.74, 6) is -0.712. The monoisotopic (exact) mass is 190 g/mol. The molecule has 0 aromatic rings. The Balaban J connectivity index is 2.07. The molecule has 13 heavy (non-hydrogen) atoms. The normalized spacial score (nSPS) is 48.0. The molecule has 5 nitrogen and oxygen atoms in total. The van der Waals surface area contributed by atoms with Crippen molar-refractivity contribution in [3.05, 3.63) is 0 Å². The molecule has 2 N–H and O–H groups in total. The summed E-state index contributed by atoms with van der Waals surface area (Å²) in [6, 6.07) is 0. The summed E-state index contributed by atoms with van der Waals surface area (Å²) in [5, 5.41) is 18.4. The van der Waals surface area contributed by atoms with Gasteiger partial charge in [0.1, 0.15) is 18.3 Å². The number of aliphatic hydroxyl groups excluding tert-OH is 2. The van der Waals surface area contributed by atoms with Crippen LogP contribution in [0.3, 0.4) is 0 Å². The van der Waals surface area contributed by atoms with E-state index in [1.807, 2.05) is 0 Å². The van der Waals surface area contributed by atoms with E-state index in [4.69, 9.17) is 19.3 Å². The van der Waals surface area contributed by atoms with Crippen molar-refractivity contribution in [3.8, 4) is 0 Å². The van der Waals surface area contributed by atoms with Gasteiger partial charge in [-0.2, -0.15) is 0 Å². The molecule has 2 fully saturated rings. The van der Waals surface area contributed by atoms with E-state index < -0.39 is 30.4 Å². The standard InChI is InChI=1S/C8H14O5/c1-8(2)12-6-5(10)4(3-9)11-7(6)13-8/h4-7,9-10H,3H2,1-2H3/t4?,5?,6-,7-/m0/s1. The van der Waals surface area contributed by atoms with Gasteiger partial charge < -0.3 is 24.4 Å². The zero-order valence-electron chi connectivity index (χ0n) is 7.64. The van der Waals surface area contributed by atoms with E-state index >= 15 is 0 Å². The van der Waals surface area contributed by atoms with Gasteiger partial charge in [-0.1, -0.05) is 0 Å². The minimum absolute atomic E-state index is 0.221. The van der Waals surface area contributed by atoms with Crippen molar-refractivity contribution in [1.82, 2.24) is 0 Å². The van der Waals surface area contributed by atoms with E-state index in [0.717, 1.165) is 0 Å². The molecular formula is C8H14O5. The summed E-state index contributed by atoms with van der Waals surface area (Å²) < 4.78 is 16.0. The molecule has 0 bridgehead atoms. The lowest BCUT2D eigenvalue weighted by molar-refractivity contribution is -0.218. The summed E-state index contributed by atoms with van der Waals surface area (Å²) in [7, 11) is 0. The lowest BCUT2D eigenvalue weighted by Crippen LogP contribution is -2.36. The SMILES string of the molecule is CC1(C)O[C@@H]2OC(CO)C(O)[C@@H]2O1. The first-order chi connectivity index (χ1) is 6.03. The first-order valence-corrected chi connectivity index (χ1v) is 4.33. The summed E-state index contributed by atoms with van der Waals surface area (Å²) >= 11 is 0. The van der Waals surface area contributed by atoms with Gasteiger partial charge in [0.2, 0.25) is 0 Å². The van der Waals surface area contributed by atoms with Crippen molar-refractivity contribution in [2.24, 2.45) is 0 Å². The van der Waals surface area contributed by atoms with Crippen LogP contribution in [0.25, 0.3) is 0 Å². The average Bonchev–Trinajstić information content (AvgIpc) is 2.47. The first-order valence-electron chi connectivity index (χ1n) is 4.33. The Morgan fingerprint density at radius 1 is 1.31 bits per heavy atom. The average molecular weight is 190 g/mol. The Morgan fingerprint density at radius 2 is 2.00 bits per heavy atom. The van der Waals surface area contributed by atoms with E-state index in [1.165, 1.54) is 0 Å². The lowest BCUT2D eigenvalue weighted by Gasteiger charge is -2.21. The Bertz CT molecular complexity index is 205. The van der Waals surface area contributed by atoms with Gasteiger partial charge in [0.05, 0.1) is 6.61 Å². The highest BCUT2D eigenvalue weighted by Gasteiger charge is 2.53. The van der Waals surface area contributed by atoms with Gasteiger partial charge in [0, 0.05) is 0 Å². The Kier molecular flexibility index (Phi) is 2.08. The third-order valence-corrected chi connectivity index (χ3v) is 2.29. The van der Waals surface area contributed by atoms with Crippen molar-refractivity contribution < 1.29 is 24.4 Å². The molecule has 2 heterocycles. The van der Waals surface area contributed by atoms with Gasteiger partial charge in [0.15, 0.2) is 12.1 Å². The molecule has 0 aromatic heterocycles. The quantitative estimate of drug-likeness (QED) is 0.567. The van der Waals surface area contributed by atoms with Gasteiger partial charge in [-0.3, -0.25) is 0 Å². The van der Waals surface area contributed by atoms with Crippen molar-refractivity contribution in [3.63, 3.8) is 0 Å². The van der Waals surface area contributed by atoms with Crippen LogP contribution in [-0.2, 0) is 14.2 Å². The second-order valence-corrected chi connectivity index (χ2v) is 3.82. The Morgan fingerprint density at radius 3 is 2.54 bits per heavy atom. The molecule has 76 valence electrons. The van der Waals surface area contributed by atoms with Crippen LogP contribution >= 0.6 is 0 Å². The fourth-order valence-electron chi connectivity index (χ4n) is 1.71. The summed E-state index contributed by atoms with van der Waals surface area (Å²) in [5.41, 5.74) is 0. The maximum atomic E-state index is 9.60. The number of ether oxygens (including phenoxy) is 3. The van der Waals surface area contributed by atoms with Crippen molar-refractivity contribution in [1.29, 1.82) is 0 Å². The van der Waals surface area contributed by atoms with Crippen LogP contribution < -0.4 is 0 Å². The summed E-state index contributed by atoms with van der Waals surface area (Å²) in [6.45, 7) is 3.30. The van der Waals surface area contributed by atoms with E-state index in [0.29, 0.717) is 0 Å². The smallest absolute Gasteiger partial charge is 0.190 e. The molecule has 4 atom stereocenters. The topological polar surface area (TPSA) is 68.2 Å². The third-order valence-electron chi connectivity index (χ3n) is 2.29. The van der Waals surface area contributed by atoms with E-state index in [1.54, 1.807) is 13.8 Å². The van der Waals surface area contributed by atoms with Crippen LogP contribution in [0.2, 0.25) is 0 Å². The van der Waals surface area contributed by atoms with E-state index in [2.05, 4.69) is 0 Å². The summed E-state index contributed by atoms with van der Waals surface area (Å²) in [6.07, 6.45) is -2.43. The predicted octanol–water partition coefficient (Wildman–Crippen LogP) is -0.784. The van der Waals surface area contributed by atoms with Crippen LogP contribution in [0.15, 0.2) is 0 Å². The maximum absolute atomic E-state index is 9.60. The molecule has 2 aliphatic rings. The van der Waals surface area contributed by atoms with E-state index in [-0.39, 0.29) is 6.61 Å². The van der Waals surface area contributed by atoms with Crippen LogP contribution in [0.4, 0.5) is 0 Å². The zero-order valence-corrected chi connectivity index (χ0v) is 7.64. The molecule has 0 aromatic carbocycles. The predicted molar refractivity (Wildman–Crippen MR) is 41.8 cm³/mol. The Hall–Kier alpha value is -0.200. The molecule has 5 heteroatoms. The van der Waals surface area contributed by atoms with Crippen molar-refractivity contribution >= 4 is 0 Å². The molecule has 0 spiro atoms. The highest BCUT2D eigenvalue weighted by molar-refractivity contribution is 4.92. The molecule has 0 radical (unpaired) electrons. The number of aliphatic hydroxyl groups is 2. The zero-order chi connectivity index (χ0) is 9.64. The van der Waals surface area contributed by atoms with Crippen LogP contribution in [-0.4, -0.2) is 47.2 Å². The minimum Gasteiger partial charge on any atom is -0.394 e. The van der Waals surface area contributed by atoms with Crippen molar-refractivity contribution in [2.75, 3.05) is 6.61 Å². The van der Waals surface area contributed by atoms with Gasteiger partial charge >= 0.3 is 0 Å². The fourth-order valence-corrected chi connectivity index (χ4v) is 1.71. The van der Waals surface area contributed by atoms with Crippen molar-refractivity contribution in [2.45, 2.75) is 44.2 Å². The third kappa shape index (κ3) is 1.47. The van der Waals surface area contributed by atoms with Gasteiger partial charge in [-0.25, -0.2) is 0 Å². The van der Waals surface area contributed by atoms with Gasteiger partial charge in [0.25, 0.3) is 0 Å². The second kappa shape index (κ2) is 2.90. The van der Waals surface area contributed by atoms with Gasteiger partial charge in [-0.15, -0.1) is 0 Å².